The molecule has 1 aliphatic rings. The van der Waals surface area contributed by atoms with Crippen LogP contribution in [-0.4, -0.2) is 57.7 Å². The van der Waals surface area contributed by atoms with Crippen LogP contribution in [0.25, 0.3) is 22.2 Å². The zero-order chi connectivity index (χ0) is 23.1. The number of halogens is 2. The summed E-state index contributed by atoms with van der Waals surface area (Å²) < 4.78 is 7.99. The minimum atomic E-state index is -0.285. The number of aromatic amines is 1. The van der Waals surface area contributed by atoms with Crippen LogP contribution in [0.1, 0.15) is 15.9 Å². The number of hydrogen-bond donors (Lipinski definition) is 1. The minimum absolute atomic E-state index is 0.0464. The summed E-state index contributed by atoms with van der Waals surface area (Å²) in [4.78, 5) is 20.3. The molecule has 4 heterocycles. The van der Waals surface area contributed by atoms with E-state index in [4.69, 9.17) is 27.9 Å². The molecule has 170 valence electrons. The van der Waals surface area contributed by atoms with Crippen LogP contribution in [-0.2, 0) is 13.0 Å². The van der Waals surface area contributed by atoms with Crippen LogP contribution >= 0.6 is 23.2 Å². The van der Waals surface area contributed by atoms with Crippen molar-refractivity contribution in [3.63, 3.8) is 0 Å². The summed E-state index contributed by atoms with van der Waals surface area (Å²) in [6, 6.07) is 7.50. The molecule has 0 bridgehead atoms. The molecule has 7 nitrogen and oxygen atoms in total. The molecule has 4 aromatic rings. The van der Waals surface area contributed by atoms with Crippen molar-refractivity contribution in [1.29, 1.82) is 0 Å². The zero-order valence-corrected chi connectivity index (χ0v) is 19.8. The number of pyridine rings is 1. The van der Waals surface area contributed by atoms with Gasteiger partial charge in [-0.1, -0.05) is 23.2 Å². The molecule has 3 aromatic heterocycles. The maximum atomic E-state index is 13.6. The smallest absolute Gasteiger partial charge is 0.171 e. The van der Waals surface area contributed by atoms with Crippen molar-refractivity contribution in [3.05, 3.63) is 64.2 Å². The number of likely N-dealkylation sites (N-methyl/N-ethyl adjacent to an activating group) is 1. The van der Waals surface area contributed by atoms with E-state index in [1.807, 2.05) is 38.5 Å². The highest BCUT2D eigenvalue weighted by Gasteiger charge is 2.29. The molecular weight excluding hydrogens is 461 g/mol. The Morgan fingerprint density at radius 1 is 1.27 bits per heavy atom. The van der Waals surface area contributed by atoms with Crippen molar-refractivity contribution in [2.75, 3.05) is 27.2 Å². The van der Waals surface area contributed by atoms with Crippen LogP contribution in [0.3, 0.4) is 0 Å². The first-order chi connectivity index (χ1) is 15.9. The van der Waals surface area contributed by atoms with Gasteiger partial charge < -0.3 is 14.2 Å². The average Bonchev–Trinajstić information content (AvgIpc) is 3.39. The summed E-state index contributed by atoms with van der Waals surface area (Å²) in [5, 5.41) is 8.61. The number of carbonyl (C=O) groups is 1. The van der Waals surface area contributed by atoms with E-state index in [1.165, 1.54) is 0 Å². The van der Waals surface area contributed by atoms with Crippen LogP contribution in [0.4, 0.5) is 0 Å². The summed E-state index contributed by atoms with van der Waals surface area (Å²) in [5.74, 6) is 0.553. The molecule has 0 spiro atoms. The molecule has 0 radical (unpaired) electrons. The Balaban J connectivity index is 1.53. The third-order valence-electron chi connectivity index (χ3n) is 5.99. The quantitative estimate of drug-likeness (QED) is 0.401. The molecule has 1 aromatic carbocycles. The highest BCUT2D eigenvalue weighted by atomic mass is 35.5. The SMILES string of the molecule is CN(C)CCn1cc(C(=O)C2COc3ccc(Cl)cc3C2)c2cnc(-c3cn[nH]c3Cl)cc21. The molecule has 33 heavy (non-hydrogen) atoms. The summed E-state index contributed by atoms with van der Waals surface area (Å²) in [7, 11) is 4.05. The normalized spacial score (nSPS) is 15.6. The van der Waals surface area contributed by atoms with E-state index in [0.29, 0.717) is 34.5 Å². The van der Waals surface area contributed by atoms with Gasteiger partial charge in [0, 0.05) is 41.5 Å². The van der Waals surface area contributed by atoms with Crippen LogP contribution in [0.15, 0.2) is 42.9 Å². The number of ketones is 1. The molecule has 0 fully saturated rings. The number of carbonyl (C=O) groups excluding carboxylic acids is 1. The predicted octanol–water partition coefficient (Wildman–Crippen LogP) is 4.73. The van der Waals surface area contributed by atoms with Gasteiger partial charge >= 0.3 is 0 Å². The highest BCUT2D eigenvalue weighted by Crippen LogP contribution is 2.34. The Kier molecular flexibility index (Phi) is 5.86. The number of nitrogens with one attached hydrogen (secondary N) is 1. The van der Waals surface area contributed by atoms with Gasteiger partial charge in [-0.05, 0) is 50.3 Å². The lowest BCUT2D eigenvalue weighted by atomic mass is 9.90. The van der Waals surface area contributed by atoms with Crippen LogP contribution in [0, 0.1) is 5.92 Å². The molecule has 1 N–H and O–H groups in total. The van der Waals surface area contributed by atoms with Gasteiger partial charge in [-0.15, -0.1) is 0 Å². The van der Waals surface area contributed by atoms with Crippen molar-refractivity contribution >= 4 is 39.9 Å². The summed E-state index contributed by atoms with van der Waals surface area (Å²) in [5.41, 5.74) is 3.97. The van der Waals surface area contributed by atoms with E-state index < -0.39 is 0 Å². The topological polar surface area (TPSA) is 76.0 Å². The van der Waals surface area contributed by atoms with E-state index >= 15 is 0 Å². The third kappa shape index (κ3) is 4.24. The van der Waals surface area contributed by atoms with E-state index in [-0.39, 0.29) is 11.7 Å². The first kappa shape index (κ1) is 21.9. The van der Waals surface area contributed by atoms with E-state index in [0.717, 1.165) is 40.9 Å². The number of nitrogens with zero attached hydrogens (tertiary/aromatic N) is 4. The summed E-state index contributed by atoms with van der Waals surface area (Å²) >= 11 is 12.4. The maximum absolute atomic E-state index is 13.6. The van der Waals surface area contributed by atoms with Gasteiger partial charge in [0.25, 0.3) is 0 Å². The minimum Gasteiger partial charge on any atom is -0.493 e. The van der Waals surface area contributed by atoms with Gasteiger partial charge in [0.15, 0.2) is 5.78 Å². The molecule has 1 unspecified atom stereocenters. The van der Waals surface area contributed by atoms with Crippen molar-refractivity contribution in [2.45, 2.75) is 13.0 Å². The zero-order valence-electron chi connectivity index (χ0n) is 18.3. The Morgan fingerprint density at radius 2 is 2.12 bits per heavy atom. The van der Waals surface area contributed by atoms with Gasteiger partial charge in [-0.3, -0.25) is 14.9 Å². The van der Waals surface area contributed by atoms with Gasteiger partial charge in [0.05, 0.1) is 35.5 Å². The fourth-order valence-electron chi connectivity index (χ4n) is 4.22. The van der Waals surface area contributed by atoms with Gasteiger partial charge in [-0.25, -0.2) is 0 Å². The lowest BCUT2D eigenvalue weighted by molar-refractivity contribution is 0.0856. The van der Waals surface area contributed by atoms with Gasteiger partial charge in [0.1, 0.15) is 10.9 Å². The molecule has 1 aliphatic heterocycles. The van der Waals surface area contributed by atoms with E-state index in [9.17, 15) is 4.79 Å². The lowest BCUT2D eigenvalue weighted by Crippen LogP contribution is -2.28. The Morgan fingerprint density at radius 3 is 2.88 bits per heavy atom. The van der Waals surface area contributed by atoms with Crippen molar-refractivity contribution in [2.24, 2.45) is 5.92 Å². The highest BCUT2D eigenvalue weighted by molar-refractivity contribution is 6.32. The first-order valence-electron chi connectivity index (χ1n) is 10.7. The van der Waals surface area contributed by atoms with Gasteiger partial charge in [-0.2, -0.15) is 5.10 Å². The number of H-pyrrole nitrogens is 1. The number of benzene rings is 1. The van der Waals surface area contributed by atoms with Gasteiger partial charge in [0.2, 0.25) is 0 Å². The lowest BCUT2D eigenvalue weighted by Gasteiger charge is -2.24. The Labute approximate surface area is 201 Å². The van der Waals surface area contributed by atoms with Crippen LogP contribution in [0.5, 0.6) is 5.75 Å². The molecule has 0 aliphatic carbocycles. The number of hydrogen-bond acceptors (Lipinski definition) is 5. The standard InChI is InChI=1S/C24H23Cl2N5O2/c1-30(2)5-6-31-12-19(17-10-27-20(9-21(17)31)18-11-28-29-24(18)26)23(32)15-7-14-8-16(25)3-4-22(14)33-13-15/h3-4,8-12,15H,5-7,13H2,1-2H3,(H,28,29). The second kappa shape index (κ2) is 8.82. The fourth-order valence-corrected chi connectivity index (χ4v) is 4.61. The van der Waals surface area contributed by atoms with Crippen molar-refractivity contribution in [1.82, 2.24) is 24.6 Å². The van der Waals surface area contributed by atoms with Crippen LogP contribution in [0.2, 0.25) is 10.2 Å². The third-order valence-corrected chi connectivity index (χ3v) is 6.51. The van der Waals surface area contributed by atoms with Crippen molar-refractivity contribution in [3.8, 4) is 17.0 Å². The maximum Gasteiger partial charge on any atom is 0.171 e. The molecule has 0 saturated heterocycles. The molecule has 1 atom stereocenters. The van der Waals surface area contributed by atoms with Crippen molar-refractivity contribution < 1.29 is 9.53 Å². The number of Topliss-reactive ketones (excluding diaryl/α,β-unsaturated/α-hetero) is 1. The van der Waals surface area contributed by atoms with Crippen LogP contribution < -0.4 is 4.74 Å². The molecule has 0 amide bonds. The number of rotatable bonds is 6. The molecule has 9 heteroatoms. The second-order valence-corrected chi connectivity index (χ2v) is 9.37. The number of fused-ring (bicyclic) bond motifs is 2. The monoisotopic (exact) mass is 483 g/mol. The predicted molar refractivity (Wildman–Crippen MR) is 129 cm³/mol. The molecular formula is C24H23Cl2N5O2. The summed E-state index contributed by atoms with van der Waals surface area (Å²) in [6.07, 6.45) is 5.93. The largest absolute Gasteiger partial charge is 0.493 e. The fraction of sp³-hybridized carbons (Fsp3) is 0.292. The summed E-state index contributed by atoms with van der Waals surface area (Å²) in [6.45, 7) is 1.91. The second-order valence-electron chi connectivity index (χ2n) is 8.55. The average molecular weight is 484 g/mol. The Bertz CT molecular complexity index is 1340. The van der Waals surface area contributed by atoms with E-state index in [2.05, 4.69) is 24.6 Å². The molecule has 5 rings (SSSR count). The first-order valence-corrected chi connectivity index (χ1v) is 11.4. The van der Waals surface area contributed by atoms with E-state index in [1.54, 1.807) is 18.5 Å². The number of ether oxygens (including phenoxy) is 1. The Hall–Kier alpha value is -2.87. The number of aromatic nitrogens is 4. The molecule has 0 saturated carbocycles.